The van der Waals surface area contributed by atoms with Crippen LogP contribution in [0.25, 0.3) is 0 Å². The van der Waals surface area contributed by atoms with Gasteiger partial charge in [-0.15, -0.1) is 24.0 Å². The van der Waals surface area contributed by atoms with Crippen LogP contribution in [0.5, 0.6) is 5.75 Å². The van der Waals surface area contributed by atoms with Crippen molar-refractivity contribution in [1.29, 1.82) is 0 Å². The van der Waals surface area contributed by atoms with E-state index in [1.54, 1.807) is 7.05 Å². The topological polar surface area (TPSA) is 64.1 Å². The van der Waals surface area contributed by atoms with E-state index in [1.807, 2.05) is 24.3 Å². The van der Waals surface area contributed by atoms with Gasteiger partial charge in [0.1, 0.15) is 12.4 Å². The van der Waals surface area contributed by atoms with Gasteiger partial charge in [0, 0.05) is 40.0 Å². The molecule has 27 heavy (non-hydrogen) atoms. The average Bonchev–Trinajstić information content (AvgIpc) is 2.68. The van der Waals surface area contributed by atoms with Gasteiger partial charge in [0.25, 0.3) is 0 Å². The van der Waals surface area contributed by atoms with Crippen molar-refractivity contribution in [2.75, 3.05) is 53.2 Å². The first-order valence-corrected chi connectivity index (χ1v) is 9.57. The number of hydrogen-bond acceptors (Lipinski definition) is 4. The fourth-order valence-corrected chi connectivity index (χ4v) is 2.74. The quantitative estimate of drug-likeness (QED) is 0.228. The summed E-state index contributed by atoms with van der Waals surface area (Å²) in [4.78, 5) is 4.22. The summed E-state index contributed by atoms with van der Waals surface area (Å²) in [6.45, 7) is 7.59. The lowest BCUT2D eigenvalue weighted by molar-refractivity contribution is 0.0203. The number of halogens is 1. The second kappa shape index (κ2) is 14.9. The van der Waals surface area contributed by atoms with Crippen molar-refractivity contribution in [2.45, 2.75) is 26.2 Å². The van der Waals surface area contributed by atoms with Gasteiger partial charge in [-0.05, 0) is 44.2 Å². The highest BCUT2D eigenvalue weighted by Gasteiger charge is 2.13. The molecule has 1 fully saturated rings. The molecule has 0 radical (unpaired) electrons. The first kappa shape index (κ1) is 24.0. The lowest BCUT2D eigenvalue weighted by Crippen LogP contribution is -2.39. The molecule has 0 amide bonds. The van der Waals surface area contributed by atoms with Gasteiger partial charge in [0.15, 0.2) is 5.96 Å². The molecule has 0 aromatic heterocycles. The smallest absolute Gasteiger partial charge is 0.191 e. The van der Waals surface area contributed by atoms with E-state index in [0.717, 1.165) is 63.9 Å². The average molecular weight is 491 g/mol. The van der Waals surface area contributed by atoms with Crippen molar-refractivity contribution < 1.29 is 14.2 Å². The summed E-state index contributed by atoms with van der Waals surface area (Å²) in [6, 6.07) is 8.08. The lowest BCUT2D eigenvalue weighted by Gasteiger charge is -2.21. The first-order chi connectivity index (χ1) is 12.8. The van der Waals surface area contributed by atoms with Gasteiger partial charge in [-0.1, -0.05) is 17.7 Å². The normalized spacial score (nSPS) is 15.1. The fourth-order valence-electron chi connectivity index (χ4n) is 2.74. The fraction of sp³-hybridized carbons (Fsp3) is 0.650. The van der Waals surface area contributed by atoms with Crippen molar-refractivity contribution >= 4 is 29.9 Å². The van der Waals surface area contributed by atoms with Crippen molar-refractivity contribution in [1.82, 2.24) is 10.6 Å². The van der Waals surface area contributed by atoms with Gasteiger partial charge in [0.2, 0.25) is 0 Å². The largest absolute Gasteiger partial charge is 0.492 e. The third-order valence-electron chi connectivity index (χ3n) is 4.36. The molecule has 0 bridgehead atoms. The Morgan fingerprint density at radius 2 is 1.81 bits per heavy atom. The Bertz CT molecular complexity index is 520. The van der Waals surface area contributed by atoms with Crippen LogP contribution < -0.4 is 15.4 Å². The zero-order valence-electron chi connectivity index (χ0n) is 16.5. The van der Waals surface area contributed by atoms with Gasteiger partial charge in [-0.3, -0.25) is 4.99 Å². The maximum Gasteiger partial charge on any atom is 0.191 e. The van der Waals surface area contributed by atoms with E-state index in [-0.39, 0.29) is 24.0 Å². The predicted octanol–water partition coefficient (Wildman–Crippen LogP) is 2.99. The van der Waals surface area contributed by atoms with Crippen molar-refractivity contribution in [3.63, 3.8) is 0 Å². The maximum absolute atomic E-state index is 5.77. The Kier molecular flexibility index (Phi) is 13.3. The van der Waals surface area contributed by atoms with Crippen molar-refractivity contribution in [3.8, 4) is 5.75 Å². The maximum atomic E-state index is 5.77. The highest BCUT2D eigenvalue weighted by atomic mass is 127. The Balaban J connectivity index is 0.00000364. The zero-order chi connectivity index (χ0) is 18.5. The number of aryl methyl sites for hydroxylation is 1. The summed E-state index contributed by atoms with van der Waals surface area (Å²) >= 11 is 0. The van der Waals surface area contributed by atoms with Crippen LogP contribution in [-0.4, -0.2) is 59.1 Å². The molecular formula is C20H34IN3O3. The number of hydrogen-bond donors (Lipinski definition) is 2. The van der Waals surface area contributed by atoms with E-state index in [0.29, 0.717) is 19.1 Å². The number of rotatable bonds is 10. The predicted molar refractivity (Wildman–Crippen MR) is 120 cm³/mol. The number of ether oxygens (including phenoxy) is 3. The minimum Gasteiger partial charge on any atom is -0.492 e. The molecule has 1 aromatic carbocycles. The van der Waals surface area contributed by atoms with E-state index >= 15 is 0 Å². The summed E-state index contributed by atoms with van der Waals surface area (Å²) in [5.41, 5.74) is 1.23. The molecule has 1 aromatic rings. The minimum absolute atomic E-state index is 0. The van der Waals surface area contributed by atoms with E-state index in [2.05, 4.69) is 22.5 Å². The summed E-state index contributed by atoms with van der Waals surface area (Å²) < 4.78 is 16.8. The molecule has 1 aliphatic heterocycles. The molecule has 7 heteroatoms. The van der Waals surface area contributed by atoms with E-state index in [1.165, 1.54) is 5.56 Å². The van der Waals surface area contributed by atoms with Crippen LogP contribution in [0.3, 0.4) is 0 Å². The van der Waals surface area contributed by atoms with Crippen molar-refractivity contribution in [2.24, 2.45) is 10.9 Å². The van der Waals surface area contributed by atoms with Gasteiger partial charge in [-0.25, -0.2) is 0 Å². The molecule has 0 saturated carbocycles. The van der Waals surface area contributed by atoms with Crippen LogP contribution in [0.4, 0.5) is 0 Å². The SMILES string of the molecule is CN=C(NCCCOCC1CCOCC1)NCCOc1ccc(C)cc1.I. The molecule has 1 heterocycles. The lowest BCUT2D eigenvalue weighted by atomic mass is 10.0. The van der Waals surface area contributed by atoms with Crippen LogP contribution >= 0.6 is 24.0 Å². The monoisotopic (exact) mass is 491 g/mol. The minimum atomic E-state index is 0. The van der Waals surface area contributed by atoms with Crippen LogP contribution in [-0.2, 0) is 9.47 Å². The van der Waals surface area contributed by atoms with E-state index < -0.39 is 0 Å². The standard InChI is InChI=1S/C20H33N3O3.HI/c1-17-4-6-19(7-5-17)26-15-11-23-20(21-2)22-10-3-12-25-16-18-8-13-24-14-9-18;/h4-7,18H,3,8-16H2,1-2H3,(H2,21,22,23);1H. The van der Waals surface area contributed by atoms with Crippen LogP contribution in [0, 0.1) is 12.8 Å². The summed E-state index contributed by atoms with van der Waals surface area (Å²) in [5, 5.41) is 6.55. The number of nitrogens with zero attached hydrogens (tertiary/aromatic N) is 1. The molecule has 2 rings (SSSR count). The molecule has 0 aliphatic carbocycles. The van der Waals surface area contributed by atoms with Crippen LogP contribution in [0.1, 0.15) is 24.8 Å². The van der Waals surface area contributed by atoms with E-state index in [4.69, 9.17) is 14.2 Å². The van der Waals surface area contributed by atoms with Crippen molar-refractivity contribution in [3.05, 3.63) is 29.8 Å². The number of guanidine groups is 1. The molecule has 0 spiro atoms. The third kappa shape index (κ3) is 10.8. The zero-order valence-corrected chi connectivity index (χ0v) is 18.9. The summed E-state index contributed by atoms with van der Waals surface area (Å²) in [6.07, 6.45) is 3.21. The summed E-state index contributed by atoms with van der Waals surface area (Å²) in [7, 11) is 1.78. The molecule has 0 atom stereocenters. The van der Waals surface area contributed by atoms with Crippen LogP contribution in [0.2, 0.25) is 0 Å². The van der Waals surface area contributed by atoms with Gasteiger partial charge < -0.3 is 24.8 Å². The Morgan fingerprint density at radius 1 is 1.11 bits per heavy atom. The first-order valence-electron chi connectivity index (χ1n) is 9.57. The molecule has 6 nitrogen and oxygen atoms in total. The second-order valence-corrected chi connectivity index (χ2v) is 6.57. The molecule has 0 unspecified atom stereocenters. The van der Waals surface area contributed by atoms with Gasteiger partial charge in [-0.2, -0.15) is 0 Å². The highest BCUT2D eigenvalue weighted by Crippen LogP contribution is 2.14. The number of nitrogens with one attached hydrogen (secondary N) is 2. The van der Waals surface area contributed by atoms with E-state index in [9.17, 15) is 0 Å². The molecule has 2 N–H and O–H groups in total. The Labute approximate surface area is 180 Å². The second-order valence-electron chi connectivity index (χ2n) is 6.57. The summed E-state index contributed by atoms with van der Waals surface area (Å²) in [5.74, 6) is 2.35. The van der Waals surface area contributed by atoms with Crippen LogP contribution in [0.15, 0.2) is 29.3 Å². The van der Waals surface area contributed by atoms with Gasteiger partial charge >= 0.3 is 0 Å². The van der Waals surface area contributed by atoms with Gasteiger partial charge in [0.05, 0.1) is 6.54 Å². The molecule has 154 valence electrons. The molecule has 1 aliphatic rings. The Hall–Kier alpha value is -1.06. The number of aliphatic imine (C=N–C) groups is 1. The molecule has 1 saturated heterocycles. The molecular weight excluding hydrogens is 457 g/mol. The number of benzene rings is 1. The third-order valence-corrected chi connectivity index (χ3v) is 4.36. The Morgan fingerprint density at radius 3 is 2.52 bits per heavy atom. The highest BCUT2D eigenvalue weighted by molar-refractivity contribution is 14.0.